The van der Waals surface area contributed by atoms with Crippen molar-refractivity contribution in [2.45, 2.75) is 33.1 Å². The number of nitrogens with two attached hydrogens (primary N) is 1. The summed E-state index contributed by atoms with van der Waals surface area (Å²) in [5.41, 5.74) is 6.75. The maximum absolute atomic E-state index is 12.5. The Morgan fingerprint density at radius 3 is 2.37 bits per heavy atom. The molecular weight excluding hydrogens is 427 g/mol. The Morgan fingerprint density at radius 1 is 1.13 bits per heavy atom. The Balaban J connectivity index is 2.20. The highest BCUT2D eigenvalue weighted by atomic mass is 35.5. The lowest BCUT2D eigenvalue weighted by Crippen LogP contribution is -2.14. The van der Waals surface area contributed by atoms with E-state index < -0.39 is 11.8 Å². The number of azo groups is 1. The summed E-state index contributed by atoms with van der Waals surface area (Å²) >= 11 is 12.0. The van der Waals surface area contributed by atoms with Crippen molar-refractivity contribution in [1.82, 2.24) is 0 Å². The highest BCUT2D eigenvalue weighted by molar-refractivity contribution is 6.38. The second-order valence-corrected chi connectivity index (χ2v) is 7.35. The van der Waals surface area contributed by atoms with E-state index in [0.29, 0.717) is 5.69 Å². The maximum Gasteiger partial charge on any atom is 0.279 e. The van der Waals surface area contributed by atoms with Gasteiger partial charge in [0.1, 0.15) is 11.4 Å². The average Bonchev–Trinajstić information content (AvgIpc) is 2.68. The lowest BCUT2D eigenvalue weighted by atomic mass is 10.1. The summed E-state index contributed by atoms with van der Waals surface area (Å²) in [4.78, 5) is 24.0. The molecule has 0 saturated heterocycles. The number of nitrogens with zero attached hydrogens (tertiary/aromatic N) is 2. The number of unbranched alkanes of at least 4 members (excludes halogenated alkanes) is 1. The molecule has 2 amide bonds. The van der Waals surface area contributed by atoms with E-state index in [4.69, 9.17) is 28.9 Å². The normalized spacial score (nSPS) is 12.0. The molecule has 30 heavy (non-hydrogen) atoms. The first-order valence-corrected chi connectivity index (χ1v) is 9.99. The molecule has 2 rings (SSSR count). The van der Waals surface area contributed by atoms with Gasteiger partial charge in [-0.15, -0.1) is 10.2 Å². The number of benzene rings is 2. The Bertz CT molecular complexity index is 998. The molecule has 0 bridgehead atoms. The van der Waals surface area contributed by atoms with Crippen LogP contribution in [0.2, 0.25) is 10.0 Å². The number of aryl methyl sites for hydroxylation is 1. The SMILES string of the molecule is CCCCc1ccc(NC(=O)C(N=Nc2cc(C(N)=O)c(Cl)cc2Cl)=C(C)O)cc1. The van der Waals surface area contributed by atoms with E-state index in [1.165, 1.54) is 24.6 Å². The number of hydrogen-bond acceptors (Lipinski definition) is 5. The molecule has 0 spiro atoms. The number of aliphatic hydroxyl groups is 1. The van der Waals surface area contributed by atoms with Gasteiger partial charge < -0.3 is 16.2 Å². The zero-order valence-corrected chi connectivity index (χ0v) is 18.1. The maximum atomic E-state index is 12.5. The minimum Gasteiger partial charge on any atom is -0.510 e. The predicted molar refractivity (Wildman–Crippen MR) is 119 cm³/mol. The third-order valence-electron chi connectivity index (χ3n) is 4.15. The van der Waals surface area contributed by atoms with E-state index in [2.05, 4.69) is 22.5 Å². The number of nitrogens with one attached hydrogen (secondary N) is 1. The topological polar surface area (TPSA) is 117 Å². The van der Waals surface area contributed by atoms with Gasteiger partial charge >= 0.3 is 0 Å². The van der Waals surface area contributed by atoms with E-state index in [1.54, 1.807) is 12.1 Å². The predicted octanol–water partition coefficient (Wildman–Crippen LogP) is 5.95. The summed E-state index contributed by atoms with van der Waals surface area (Å²) in [6, 6.07) is 9.97. The van der Waals surface area contributed by atoms with Gasteiger partial charge in [0, 0.05) is 5.69 Å². The van der Waals surface area contributed by atoms with E-state index in [9.17, 15) is 14.7 Å². The molecule has 0 fully saturated rings. The first-order valence-electron chi connectivity index (χ1n) is 9.23. The van der Waals surface area contributed by atoms with Crippen LogP contribution < -0.4 is 11.1 Å². The zero-order chi connectivity index (χ0) is 22.3. The van der Waals surface area contributed by atoms with Gasteiger partial charge in [-0.05, 0) is 49.6 Å². The summed E-state index contributed by atoms with van der Waals surface area (Å²) < 4.78 is 0. The third kappa shape index (κ3) is 6.30. The van der Waals surface area contributed by atoms with Crippen LogP contribution in [0.25, 0.3) is 0 Å². The van der Waals surface area contributed by atoms with Crippen LogP contribution in [0.3, 0.4) is 0 Å². The molecule has 4 N–H and O–H groups in total. The van der Waals surface area contributed by atoms with Gasteiger partial charge in [0.15, 0.2) is 5.70 Å². The first-order chi connectivity index (χ1) is 14.2. The monoisotopic (exact) mass is 448 g/mol. The minimum atomic E-state index is -0.762. The summed E-state index contributed by atoms with van der Waals surface area (Å²) in [6.45, 7) is 3.43. The second-order valence-electron chi connectivity index (χ2n) is 6.54. The van der Waals surface area contributed by atoms with Gasteiger partial charge in [0.25, 0.3) is 5.91 Å². The van der Waals surface area contributed by atoms with Crippen molar-refractivity contribution in [3.8, 4) is 0 Å². The number of anilines is 1. The molecule has 2 aromatic rings. The molecule has 0 aliphatic rings. The summed E-state index contributed by atoms with van der Waals surface area (Å²) in [6.07, 6.45) is 3.16. The second kappa shape index (κ2) is 10.8. The summed E-state index contributed by atoms with van der Waals surface area (Å²) in [5, 5.41) is 20.4. The average molecular weight is 449 g/mol. The van der Waals surface area contributed by atoms with Crippen LogP contribution in [0.5, 0.6) is 0 Å². The minimum absolute atomic E-state index is 0.00822. The van der Waals surface area contributed by atoms with Gasteiger partial charge in [-0.25, -0.2) is 0 Å². The molecule has 0 atom stereocenters. The van der Waals surface area contributed by atoms with Crippen LogP contribution in [0.1, 0.15) is 42.6 Å². The van der Waals surface area contributed by atoms with Gasteiger partial charge in [0.05, 0.1) is 15.6 Å². The van der Waals surface area contributed by atoms with Gasteiger partial charge in [-0.3, -0.25) is 9.59 Å². The lowest BCUT2D eigenvalue weighted by Gasteiger charge is -2.08. The fourth-order valence-corrected chi connectivity index (χ4v) is 3.03. The highest BCUT2D eigenvalue weighted by Gasteiger charge is 2.15. The van der Waals surface area contributed by atoms with Crippen LogP contribution in [0, 0.1) is 0 Å². The van der Waals surface area contributed by atoms with E-state index in [0.717, 1.165) is 19.3 Å². The molecule has 9 heteroatoms. The third-order valence-corrected chi connectivity index (χ3v) is 4.76. The smallest absolute Gasteiger partial charge is 0.279 e. The van der Waals surface area contributed by atoms with Crippen LogP contribution in [-0.2, 0) is 11.2 Å². The Morgan fingerprint density at radius 2 is 1.80 bits per heavy atom. The number of aliphatic hydroxyl groups excluding tert-OH is 1. The molecule has 0 aromatic heterocycles. The molecule has 2 aromatic carbocycles. The molecule has 0 saturated carbocycles. The van der Waals surface area contributed by atoms with Crippen LogP contribution in [0.15, 0.2) is 58.1 Å². The number of primary amides is 1. The summed E-state index contributed by atoms with van der Waals surface area (Å²) in [5.74, 6) is -1.75. The molecule has 0 unspecified atom stereocenters. The highest BCUT2D eigenvalue weighted by Crippen LogP contribution is 2.32. The van der Waals surface area contributed by atoms with Crippen LogP contribution >= 0.6 is 23.2 Å². The zero-order valence-electron chi connectivity index (χ0n) is 16.6. The standard InChI is InChI=1S/C21H22Cl2N4O3/c1-3-4-5-13-6-8-14(9-7-13)25-21(30)19(12(2)28)27-26-18-10-15(20(24)29)16(22)11-17(18)23/h6-11,28H,3-5H2,1-2H3,(H2,24,29)(H,25,30). The summed E-state index contributed by atoms with van der Waals surface area (Å²) in [7, 11) is 0. The Kier molecular flexibility index (Phi) is 8.38. The Labute approximate surface area is 184 Å². The van der Waals surface area contributed by atoms with E-state index in [-0.39, 0.29) is 32.8 Å². The number of hydrogen-bond donors (Lipinski definition) is 3. The fraction of sp³-hybridized carbons (Fsp3) is 0.238. The first kappa shape index (κ1) is 23.4. The van der Waals surface area contributed by atoms with Crippen molar-refractivity contribution in [1.29, 1.82) is 0 Å². The molecule has 0 aliphatic carbocycles. The molecule has 158 valence electrons. The van der Waals surface area contributed by atoms with Crippen molar-refractivity contribution in [2.75, 3.05) is 5.32 Å². The molecular formula is C21H22Cl2N4O3. The van der Waals surface area contributed by atoms with Crippen LogP contribution in [-0.4, -0.2) is 16.9 Å². The largest absolute Gasteiger partial charge is 0.510 e. The quantitative estimate of drug-likeness (QED) is 0.263. The number of rotatable bonds is 8. The van der Waals surface area contributed by atoms with Crippen molar-refractivity contribution in [2.24, 2.45) is 16.0 Å². The molecule has 0 radical (unpaired) electrons. The van der Waals surface area contributed by atoms with Crippen molar-refractivity contribution in [3.63, 3.8) is 0 Å². The van der Waals surface area contributed by atoms with Gasteiger partial charge in [0.2, 0.25) is 5.91 Å². The number of carbonyl (C=O) groups is 2. The fourth-order valence-electron chi connectivity index (χ4n) is 2.51. The number of amides is 2. The molecule has 0 aliphatic heterocycles. The molecule has 7 nitrogen and oxygen atoms in total. The number of allylic oxidation sites excluding steroid dienone is 1. The van der Waals surface area contributed by atoms with Crippen molar-refractivity contribution >= 4 is 46.4 Å². The van der Waals surface area contributed by atoms with Crippen molar-refractivity contribution < 1.29 is 14.7 Å². The molecule has 0 heterocycles. The lowest BCUT2D eigenvalue weighted by molar-refractivity contribution is -0.113. The number of halogens is 2. The van der Waals surface area contributed by atoms with Crippen LogP contribution in [0.4, 0.5) is 11.4 Å². The van der Waals surface area contributed by atoms with E-state index in [1.807, 2.05) is 12.1 Å². The van der Waals surface area contributed by atoms with E-state index >= 15 is 0 Å². The van der Waals surface area contributed by atoms with Gasteiger partial charge in [-0.2, -0.15) is 0 Å². The van der Waals surface area contributed by atoms with Crippen molar-refractivity contribution in [3.05, 3.63) is 69.0 Å². The number of carbonyl (C=O) groups excluding carboxylic acids is 2. The van der Waals surface area contributed by atoms with Gasteiger partial charge in [-0.1, -0.05) is 48.7 Å². The Hall–Kier alpha value is -2.90.